The summed E-state index contributed by atoms with van der Waals surface area (Å²) in [5.41, 5.74) is 0.459. The topological polar surface area (TPSA) is 66.5 Å². The van der Waals surface area contributed by atoms with Crippen LogP contribution in [0.15, 0.2) is 65.6 Å². The summed E-state index contributed by atoms with van der Waals surface area (Å²) >= 11 is 0. The van der Waals surface area contributed by atoms with E-state index in [-0.39, 0.29) is 17.3 Å². The number of hydrogen-bond acceptors (Lipinski definition) is 3. The monoisotopic (exact) mass is 346 g/mol. The van der Waals surface area contributed by atoms with Crippen molar-refractivity contribution in [1.82, 2.24) is 5.32 Å². The smallest absolute Gasteiger partial charge is 0.264 e. The molecule has 24 heavy (non-hydrogen) atoms. The fraction of sp³-hybridized carbons (Fsp3) is 0.278. The van der Waals surface area contributed by atoms with Gasteiger partial charge in [-0.25, -0.2) is 8.42 Å². The fourth-order valence-electron chi connectivity index (χ4n) is 2.13. The summed E-state index contributed by atoms with van der Waals surface area (Å²) in [6.45, 7) is 4.22. The van der Waals surface area contributed by atoms with Crippen LogP contribution in [0.2, 0.25) is 0 Å². The third-order valence-electron chi connectivity index (χ3n) is 3.37. The van der Waals surface area contributed by atoms with Crippen LogP contribution in [0, 0.1) is 5.92 Å². The highest BCUT2D eigenvalue weighted by Crippen LogP contribution is 2.22. The first kappa shape index (κ1) is 18.0. The number of hydrogen-bond donors (Lipinski definition) is 1. The van der Waals surface area contributed by atoms with Gasteiger partial charge in [0.25, 0.3) is 10.0 Å². The first-order chi connectivity index (χ1) is 11.4. The van der Waals surface area contributed by atoms with Gasteiger partial charge in [-0.3, -0.25) is 9.10 Å². The minimum absolute atomic E-state index is 0.158. The van der Waals surface area contributed by atoms with Gasteiger partial charge in [0.1, 0.15) is 6.54 Å². The van der Waals surface area contributed by atoms with Gasteiger partial charge < -0.3 is 5.32 Å². The number of para-hydroxylation sites is 1. The van der Waals surface area contributed by atoms with E-state index in [1.165, 1.54) is 12.1 Å². The molecular weight excluding hydrogens is 324 g/mol. The Morgan fingerprint density at radius 1 is 1.00 bits per heavy atom. The molecule has 0 aromatic heterocycles. The van der Waals surface area contributed by atoms with Crippen molar-refractivity contribution >= 4 is 21.6 Å². The second-order valence-electron chi connectivity index (χ2n) is 5.86. The molecule has 0 aliphatic carbocycles. The summed E-state index contributed by atoms with van der Waals surface area (Å²) in [5.74, 6) is -0.0306. The molecule has 0 fully saturated rings. The second-order valence-corrected chi connectivity index (χ2v) is 7.72. The van der Waals surface area contributed by atoms with Crippen LogP contribution in [0.25, 0.3) is 0 Å². The van der Waals surface area contributed by atoms with Gasteiger partial charge in [-0.05, 0) is 30.2 Å². The maximum Gasteiger partial charge on any atom is 0.264 e. The first-order valence-corrected chi connectivity index (χ1v) is 9.25. The molecule has 128 valence electrons. The van der Waals surface area contributed by atoms with Crippen LogP contribution in [0.5, 0.6) is 0 Å². The number of carbonyl (C=O) groups is 1. The van der Waals surface area contributed by atoms with Crippen molar-refractivity contribution in [3.63, 3.8) is 0 Å². The van der Waals surface area contributed by atoms with Crippen molar-refractivity contribution in [2.75, 3.05) is 17.4 Å². The molecule has 0 aliphatic rings. The summed E-state index contributed by atoms with van der Waals surface area (Å²) in [4.78, 5) is 12.3. The van der Waals surface area contributed by atoms with Crippen LogP contribution in [-0.4, -0.2) is 27.4 Å². The summed E-state index contributed by atoms with van der Waals surface area (Å²) in [6.07, 6.45) is 0. The third-order valence-corrected chi connectivity index (χ3v) is 5.16. The zero-order chi connectivity index (χ0) is 17.6. The van der Waals surface area contributed by atoms with Gasteiger partial charge in [-0.15, -0.1) is 0 Å². The molecular formula is C18H22N2O3S. The number of rotatable bonds is 7. The van der Waals surface area contributed by atoms with E-state index < -0.39 is 10.0 Å². The standard InChI is InChI=1S/C18H22N2O3S/c1-15(2)13-19-18(21)14-20(16-9-5-3-6-10-16)24(22,23)17-11-7-4-8-12-17/h3-12,15H,13-14H2,1-2H3,(H,19,21). The average molecular weight is 346 g/mol. The molecule has 0 spiro atoms. The molecule has 0 heterocycles. The van der Waals surface area contributed by atoms with Crippen molar-refractivity contribution in [1.29, 1.82) is 0 Å². The lowest BCUT2D eigenvalue weighted by Crippen LogP contribution is -2.41. The van der Waals surface area contributed by atoms with Gasteiger partial charge >= 0.3 is 0 Å². The van der Waals surface area contributed by atoms with Crippen molar-refractivity contribution in [2.24, 2.45) is 5.92 Å². The summed E-state index contributed by atoms with van der Waals surface area (Å²) in [6, 6.07) is 16.8. The van der Waals surface area contributed by atoms with Crippen molar-refractivity contribution < 1.29 is 13.2 Å². The van der Waals surface area contributed by atoms with Crippen LogP contribution >= 0.6 is 0 Å². The maximum absolute atomic E-state index is 13.0. The van der Waals surface area contributed by atoms with E-state index in [9.17, 15) is 13.2 Å². The average Bonchev–Trinajstić information content (AvgIpc) is 2.59. The van der Waals surface area contributed by atoms with Crippen LogP contribution in [0.4, 0.5) is 5.69 Å². The minimum atomic E-state index is -3.82. The Morgan fingerprint density at radius 2 is 1.54 bits per heavy atom. The Hall–Kier alpha value is -2.34. The number of nitrogens with zero attached hydrogens (tertiary/aromatic N) is 1. The summed E-state index contributed by atoms with van der Waals surface area (Å²) in [7, 11) is -3.82. The van der Waals surface area contributed by atoms with Gasteiger partial charge in [0, 0.05) is 6.54 Å². The predicted molar refractivity (Wildman–Crippen MR) is 95.3 cm³/mol. The van der Waals surface area contributed by atoms with Crippen LogP contribution in [-0.2, 0) is 14.8 Å². The molecule has 2 aromatic rings. The van der Waals surface area contributed by atoms with E-state index in [1.807, 2.05) is 13.8 Å². The molecule has 0 saturated carbocycles. The molecule has 2 aromatic carbocycles. The SMILES string of the molecule is CC(C)CNC(=O)CN(c1ccccc1)S(=O)(=O)c1ccccc1. The van der Waals surface area contributed by atoms with E-state index in [4.69, 9.17) is 0 Å². The molecule has 0 aliphatic heterocycles. The van der Waals surface area contributed by atoms with Gasteiger partial charge in [0.05, 0.1) is 10.6 Å². The molecule has 0 unspecified atom stereocenters. The van der Waals surface area contributed by atoms with E-state index in [1.54, 1.807) is 48.5 Å². The Balaban J connectivity index is 2.32. The van der Waals surface area contributed by atoms with E-state index in [0.717, 1.165) is 4.31 Å². The number of amides is 1. The van der Waals surface area contributed by atoms with Crippen molar-refractivity contribution in [3.8, 4) is 0 Å². The molecule has 1 amide bonds. The number of sulfonamides is 1. The van der Waals surface area contributed by atoms with Crippen LogP contribution < -0.4 is 9.62 Å². The predicted octanol–water partition coefficient (Wildman–Crippen LogP) is 2.65. The van der Waals surface area contributed by atoms with Crippen LogP contribution in [0.1, 0.15) is 13.8 Å². The lowest BCUT2D eigenvalue weighted by atomic mass is 10.2. The van der Waals surface area contributed by atoms with Gasteiger partial charge in [-0.1, -0.05) is 50.2 Å². The number of nitrogens with one attached hydrogen (secondary N) is 1. The normalized spacial score (nSPS) is 11.3. The quantitative estimate of drug-likeness (QED) is 0.838. The largest absolute Gasteiger partial charge is 0.354 e. The van der Waals surface area contributed by atoms with Gasteiger partial charge in [0.2, 0.25) is 5.91 Å². The Bertz CT molecular complexity index is 759. The lowest BCUT2D eigenvalue weighted by molar-refractivity contribution is -0.119. The Labute approximate surface area is 143 Å². The van der Waals surface area contributed by atoms with Gasteiger partial charge in [0.15, 0.2) is 0 Å². The third kappa shape index (κ3) is 4.58. The molecule has 0 radical (unpaired) electrons. The minimum Gasteiger partial charge on any atom is -0.354 e. The summed E-state index contributed by atoms with van der Waals surface area (Å²) < 4.78 is 27.0. The Morgan fingerprint density at radius 3 is 2.08 bits per heavy atom. The highest BCUT2D eigenvalue weighted by atomic mass is 32.2. The van der Waals surface area contributed by atoms with Crippen molar-refractivity contribution in [2.45, 2.75) is 18.7 Å². The van der Waals surface area contributed by atoms with Gasteiger partial charge in [-0.2, -0.15) is 0 Å². The first-order valence-electron chi connectivity index (χ1n) is 7.81. The highest BCUT2D eigenvalue weighted by molar-refractivity contribution is 7.92. The molecule has 0 bridgehead atoms. The summed E-state index contributed by atoms with van der Waals surface area (Å²) in [5, 5.41) is 2.76. The second kappa shape index (κ2) is 7.97. The zero-order valence-corrected chi connectivity index (χ0v) is 14.7. The molecule has 1 N–H and O–H groups in total. The lowest BCUT2D eigenvalue weighted by Gasteiger charge is -2.24. The molecule has 0 atom stereocenters. The fourth-order valence-corrected chi connectivity index (χ4v) is 3.58. The molecule has 6 heteroatoms. The van der Waals surface area contributed by atoms with E-state index >= 15 is 0 Å². The number of carbonyl (C=O) groups excluding carboxylic acids is 1. The number of anilines is 1. The highest BCUT2D eigenvalue weighted by Gasteiger charge is 2.26. The Kier molecular flexibility index (Phi) is 5.98. The van der Waals surface area contributed by atoms with E-state index in [0.29, 0.717) is 18.2 Å². The van der Waals surface area contributed by atoms with Crippen molar-refractivity contribution in [3.05, 3.63) is 60.7 Å². The number of benzene rings is 2. The molecule has 5 nitrogen and oxygen atoms in total. The maximum atomic E-state index is 13.0. The zero-order valence-electron chi connectivity index (χ0n) is 13.8. The molecule has 2 rings (SSSR count). The van der Waals surface area contributed by atoms with Crippen LogP contribution in [0.3, 0.4) is 0 Å². The molecule has 0 saturated heterocycles. The van der Waals surface area contributed by atoms with E-state index in [2.05, 4.69) is 5.32 Å².